The van der Waals surface area contributed by atoms with Crippen LogP contribution in [0.3, 0.4) is 0 Å². The summed E-state index contributed by atoms with van der Waals surface area (Å²) in [4.78, 5) is 13.1. The van der Waals surface area contributed by atoms with E-state index in [-0.39, 0.29) is 17.7 Å². The van der Waals surface area contributed by atoms with E-state index in [9.17, 15) is 0 Å². The van der Waals surface area contributed by atoms with Crippen molar-refractivity contribution >= 4 is 16.9 Å². The van der Waals surface area contributed by atoms with Gasteiger partial charge in [-0.05, 0) is 33.6 Å². The van der Waals surface area contributed by atoms with E-state index >= 15 is 0 Å². The molecule has 3 aromatic heterocycles. The zero-order valence-electron chi connectivity index (χ0n) is 15.7. The van der Waals surface area contributed by atoms with E-state index in [1.807, 2.05) is 35.0 Å². The van der Waals surface area contributed by atoms with Gasteiger partial charge in [-0.3, -0.25) is 0 Å². The zero-order valence-corrected chi connectivity index (χ0v) is 15.7. The van der Waals surface area contributed by atoms with E-state index in [1.165, 1.54) is 0 Å². The van der Waals surface area contributed by atoms with Gasteiger partial charge in [0.05, 0.1) is 35.3 Å². The molecular formula is C18H25N7O. The van der Waals surface area contributed by atoms with Crippen LogP contribution in [0.4, 0.5) is 5.82 Å². The highest BCUT2D eigenvalue weighted by atomic mass is 16.5. The number of hydrogen-bond donors (Lipinski definition) is 1. The van der Waals surface area contributed by atoms with Gasteiger partial charge in [0, 0.05) is 19.7 Å². The molecule has 1 N–H and O–H groups in total. The molecule has 0 amide bonds. The number of aryl methyl sites for hydroxylation is 1. The quantitative estimate of drug-likeness (QED) is 0.778. The summed E-state index contributed by atoms with van der Waals surface area (Å²) in [6.07, 6.45) is 9.00. The summed E-state index contributed by atoms with van der Waals surface area (Å²) in [5, 5.41) is 9.06. The molecule has 1 saturated heterocycles. The number of aromatic nitrogens is 6. The summed E-state index contributed by atoms with van der Waals surface area (Å²) in [6, 6.07) is 0.278. The fraction of sp³-hybridized carbons (Fsp3) is 0.556. The van der Waals surface area contributed by atoms with Crippen molar-refractivity contribution in [3.63, 3.8) is 0 Å². The Hall–Kier alpha value is -2.48. The molecule has 4 heterocycles. The number of nitrogens with zero attached hydrogens (tertiary/aromatic N) is 6. The summed E-state index contributed by atoms with van der Waals surface area (Å²) in [7, 11) is 2.00. The Balaban J connectivity index is 1.57. The fourth-order valence-corrected chi connectivity index (χ4v) is 3.46. The highest BCUT2D eigenvalue weighted by molar-refractivity contribution is 5.86. The van der Waals surface area contributed by atoms with E-state index in [2.05, 4.69) is 46.1 Å². The van der Waals surface area contributed by atoms with Crippen molar-refractivity contribution in [1.29, 1.82) is 0 Å². The third-order valence-corrected chi connectivity index (χ3v) is 4.81. The Morgan fingerprint density at radius 3 is 2.81 bits per heavy atom. The number of rotatable bonds is 3. The second kappa shape index (κ2) is 6.35. The third-order valence-electron chi connectivity index (χ3n) is 4.81. The first-order valence-corrected chi connectivity index (χ1v) is 8.97. The number of anilines is 1. The minimum Gasteiger partial charge on any atom is -0.372 e. The van der Waals surface area contributed by atoms with Crippen LogP contribution in [-0.2, 0) is 17.3 Å². The summed E-state index contributed by atoms with van der Waals surface area (Å²) >= 11 is 0. The van der Waals surface area contributed by atoms with Crippen LogP contribution in [0.1, 0.15) is 45.4 Å². The molecule has 1 aliphatic rings. The molecule has 4 rings (SSSR count). The van der Waals surface area contributed by atoms with Crippen LogP contribution in [-0.4, -0.2) is 41.9 Å². The molecule has 0 saturated carbocycles. The smallest absolute Gasteiger partial charge is 0.163 e. The average molecular weight is 355 g/mol. The minimum atomic E-state index is -0.128. The van der Waals surface area contributed by atoms with Crippen molar-refractivity contribution in [2.45, 2.75) is 51.3 Å². The monoisotopic (exact) mass is 355 g/mol. The molecule has 0 spiro atoms. The molecule has 0 unspecified atom stereocenters. The Kier molecular flexibility index (Phi) is 4.14. The van der Waals surface area contributed by atoms with Gasteiger partial charge in [0.25, 0.3) is 0 Å². The molecule has 138 valence electrons. The lowest BCUT2D eigenvalue weighted by Crippen LogP contribution is -2.31. The van der Waals surface area contributed by atoms with Crippen LogP contribution in [0.25, 0.3) is 11.0 Å². The fourth-order valence-electron chi connectivity index (χ4n) is 3.46. The molecule has 26 heavy (non-hydrogen) atoms. The summed E-state index contributed by atoms with van der Waals surface area (Å²) in [5.41, 5.74) is 1.83. The van der Waals surface area contributed by atoms with Crippen molar-refractivity contribution < 1.29 is 4.74 Å². The Morgan fingerprint density at radius 2 is 2.08 bits per heavy atom. The Labute approximate surface area is 152 Å². The van der Waals surface area contributed by atoms with Gasteiger partial charge in [-0.15, -0.1) is 0 Å². The molecule has 8 nitrogen and oxygen atoms in total. The first kappa shape index (κ1) is 17.0. The lowest BCUT2D eigenvalue weighted by atomic mass is 10.0. The predicted molar refractivity (Wildman–Crippen MR) is 98.9 cm³/mol. The zero-order chi connectivity index (χ0) is 18.3. The van der Waals surface area contributed by atoms with Crippen LogP contribution < -0.4 is 5.32 Å². The normalized spacial score (nSPS) is 21.2. The van der Waals surface area contributed by atoms with Gasteiger partial charge in [-0.2, -0.15) is 5.10 Å². The summed E-state index contributed by atoms with van der Waals surface area (Å²) < 4.78 is 9.92. The molecule has 2 atom stereocenters. The van der Waals surface area contributed by atoms with Gasteiger partial charge >= 0.3 is 0 Å². The Bertz CT molecular complexity index is 908. The van der Waals surface area contributed by atoms with E-state index < -0.39 is 0 Å². The molecule has 0 aliphatic carbocycles. The van der Waals surface area contributed by atoms with Crippen LogP contribution in [0.15, 0.2) is 25.0 Å². The molecule has 0 radical (unpaired) electrons. The molecular weight excluding hydrogens is 330 g/mol. The first-order chi connectivity index (χ1) is 12.4. The van der Waals surface area contributed by atoms with Crippen molar-refractivity contribution in [3.05, 3.63) is 30.7 Å². The molecule has 1 fully saturated rings. The van der Waals surface area contributed by atoms with Crippen LogP contribution in [0.5, 0.6) is 0 Å². The first-order valence-electron chi connectivity index (χ1n) is 8.97. The SMILES string of the molecule is Cn1cncc1[C@@H]1C[C@@H](Nc2ncnc3c2cnn3C(C)(C)C)CCO1. The van der Waals surface area contributed by atoms with Gasteiger partial charge in [-0.1, -0.05) is 0 Å². The molecule has 0 aromatic carbocycles. The molecule has 8 heteroatoms. The van der Waals surface area contributed by atoms with Gasteiger partial charge in [0.2, 0.25) is 0 Å². The maximum atomic E-state index is 5.96. The molecule has 0 bridgehead atoms. The van der Waals surface area contributed by atoms with Gasteiger partial charge in [0.1, 0.15) is 18.2 Å². The number of hydrogen-bond acceptors (Lipinski definition) is 6. The summed E-state index contributed by atoms with van der Waals surface area (Å²) in [5.74, 6) is 0.834. The standard InChI is InChI=1S/C18H25N7O/c1-18(2,3)25-17-13(8-22-25)16(20-10-21-17)23-12-5-6-26-15(7-12)14-9-19-11-24(14)4/h8-12,15H,5-7H2,1-4H3,(H,20,21,23)/t12-,15-/m0/s1. The largest absolute Gasteiger partial charge is 0.372 e. The topological polar surface area (TPSA) is 82.7 Å². The minimum absolute atomic E-state index is 0.0448. The number of imidazole rings is 1. The number of fused-ring (bicyclic) bond motifs is 1. The van der Waals surface area contributed by atoms with E-state index in [0.717, 1.165) is 35.4 Å². The van der Waals surface area contributed by atoms with E-state index in [4.69, 9.17) is 4.74 Å². The van der Waals surface area contributed by atoms with Crippen LogP contribution in [0, 0.1) is 0 Å². The van der Waals surface area contributed by atoms with Crippen LogP contribution in [0.2, 0.25) is 0 Å². The molecule has 3 aromatic rings. The average Bonchev–Trinajstić information content (AvgIpc) is 3.21. The second-order valence-electron chi connectivity index (χ2n) is 7.84. The lowest BCUT2D eigenvalue weighted by Gasteiger charge is -2.30. The van der Waals surface area contributed by atoms with E-state index in [1.54, 1.807) is 6.33 Å². The van der Waals surface area contributed by atoms with Crippen molar-refractivity contribution in [2.75, 3.05) is 11.9 Å². The number of nitrogens with one attached hydrogen (secondary N) is 1. The highest BCUT2D eigenvalue weighted by Gasteiger charge is 2.27. The second-order valence-corrected chi connectivity index (χ2v) is 7.84. The van der Waals surface area contributed by atoms with Gasteiger partial charge < -0.3 is 14.6 Å². The van der Waals surface area contributed by atoms with Crippen molar-refractivity contribution in [3.8, 4) is 0 Å². The van der Waals surface area contributed by atoms with E-state index in [0.29, 0.717) is 6.61 Å². The van der Waals surface area contributed by atoms with Crippen molar-refractivity contribution in [2.24, 2.45) is 7.05 Å². The van der Waals surface area contributed by atoms with Gasteiger partial charge in [0.15, 0.2) is 5.65 Å². The lowest BCUT2D eigenvalue weighted by molar-refractivity contribution is 0.00556. The van der Waals surface area contributed by atoms with Crippen molar-refractivity contribution in [1.82, 2.24) is 29.3 Å². The predicted octanol–water partition coefficient (Wildman–Crippen LogP) is 2.65. The third kappa shape index (κ3) is 3.05. The maximum absolute atomic E-state index is 5.96. The van der Waals surface area contributed by atoms with Crippen LogP contribution >= 0.6 is 0 Å². The number of ether oxygens (including phenoxy) is 1. The maximum Gasteiger partial charge on any atom is 0.163 e. The Morgan fingerprint density at radius 1 is 1.23 bits per heavy atom. The summed E-state index contributed by atoms with van der Waals surface area (Å²) in [6.45, 7) is 7.06. The van der Waals surface area contributed by atoms with Gasteiger partial charge in [-0.25, -0.2) is 19.6 Å². The molecule has 1 aliphatic heterocycles. The highest BCUT2D eigenvalue weighted by Crippen LogP contribution is 2.31.